The highest BCUT2D eigenvalue weighted by Crippen LogP contribution is 2.26. The van der Waals surface area contributed by atoms with Gasteiger partial charge in [-0.25, -0.2) is 9.78 Å². The van der Waals surface area contributed by atoms with Crippen LogP contribution in [0.2, 0.25) is 0 Å². The lowest BCUT2D eigenvalue weighted by Crippen LogP contribution is -2.30. The predicted molar refractivity (Wildman–Crippen MR) is 109 cm³/mol. The summed E-state index contributed by atoms with van der Waals surface area (Å²) in [7, 11) is 0. The Labute approximate surface area is 167 Å². The van der Waals surface area contributed by atoms with E-state index in [0.717, 1.165) is 0 Å². The molecule has 6 nitrogen and oxygen atoms in total. The molecule has 0 saturated heterocycles. The van der Waals surface area contributed by atoms with Crippen molar-refractivity contribution in [3.05, 3.63) is 84.6 Å². The second kappa shape index (κ2) is 7.98. The summed E-state index contributed by atoms with van der Waals surface area (Å²) >= 11 is 0. The molecule has 29 heavy (non-hydrogen) atoms. The third kappa shape index (κ3) is 4.01. The van der Waals surface area contributed by atoms with Gasteiger partial charge in [0.25, 0.3) is 5.91 Å². The molecule has 1 amide bonds. The number of fused-ring (bicyclic) bond motifs is 1. The van der Waals surface area contributed by atoms with Crippen molar-refractivity contribution in [1.29, 1.82) is 0 Å². The molecule has 6 heteroatoms. The van der Waals surface area contributed by atoms with E-state index in [1.54, 1.807) is 42.7 Å². The van der Waals surface area contributed by atoms with Gasteiger partial charge < -0.3 is 14.5 Å². The highest BCUT2D eigenvalue weighted by atomic mass is 16.5. The van der Waals surface area contributed by atoms with Crippen LogP contribution in [0.3, 0.4) is 0 Å². The van der Waals surface area contributed by atoms with Gasteiger partial charge >= 0.3 is 5.97 Å². The monoisotopic (exact) mass is 386 g/mol. The molecule has 0 bridgehead atoms. The summed E-state index contributed by atoms with van der Waals surface area (Å²) in [6.45, 7) is 1.53. The highest BCUT2D eigenvalue weighted by molar-refractivity contribution is 6.05. The van der Waals surface area contributed by atoms with Crippen molar-refractivity contribution in [2.24, 2.45) is 0 Å². The lowest BCUT2D eigenvalue weighted by atomic mass is 10.1. The van der Waals surface area contributed by atoms with Gasteiger partial charge in [0, 0.05) is 11.1 Å². The van der Waals surface area contributed by atoms with Gasteiger partial charge in [0.15, 0.2) is 11.9 Å². The standard InChI is InChI=1S/C23H18N2O4/c1-15(22(26)24-16-8-3-2-4-9-16)29-23(27)18-14-20(21-12-7-13-28-21)25-19-11-6-5-10-17(18)19/h2-15H,1H3,(H,24,26). The van der Waals surface area contributed by atoms with E-state index in [1.807, 2.05) is 36.4 Å². The van der Waals surface area contributed by atoms with E-state index in [2.05, 4.69) is 10.3 Å². The van der Waals surface area contributed by atoms with Crippen LogP contribution in [-0.2, 0) is 9.53 Å². The van der Waals surface area contributed by atoms with Gasteiger partial charge in [-0.05, 0) is 43.3 Å². The number of esters is 1. The molecule has 0 aliphatic carbocycles. The van der Waals surface area contributed by atoms with Crippen LogP contribution in [0.15, 0.2) is 83.5 Å². The zero-order chi connectivity index (χ0) is 20.2. The summed E-state index contributed by atoms with van der Waals surface area (Å²) in [6, 6.07) is 21.4. The van der Waals surface area contributed by atoms with Gasteiger partial charge in [0.2, 0.25) is 0 Å². The largest absolute Gasteiger partial charge is 0.463 e. The first-order chi connectivity index (χ1) is 14.1. The number of para-hydroxylation sites is 2. The number of rotatable bonds is 5. The molecule has 0 aliphatic heterocycles. The van der Waals surface area contributed by atoms with E-state index >= 15 is 0 Å². The molecule has 2 aromatic heterocycles. The zero-order valence-corrected chi connectivity index (χ0v) is 15.7. The number of nitrogens with one attached hydrogen (secondary N) is 1. The lowest BCUT2D eigenvalue weighted by molar-refractivity contribution is -0.123. The van der Waals surface area contributed by atoms with Crippen LogP contribution < -0.4 is 5.32 Å². The Kier molecular flexibility index (Phi) is 5.07. The van der Waals surface area contributed by atoms with E-state index in [9.17, 15) is 9.59 Å². The van der Waals surface area contributed by atoms with E-state index < -0.39 is 18.0 Å². The average Bonchev–Trinajstić information content (AvgIpc) is 3.28. The molecular formula is C23H18N2O4. The second-order valence-corrected chi connectivity index (χ2v) is 6.45. The lowest BCUT2D eigenvalue weighted by Gasteiger charge is -2.15. The summed E-state index contributed by atoms with van der Waals surface area (Å²) in [6.07, 6.45) is 0.571. The van der Waals surface area contributed by atoms with E-state index in [0.29, 0.717) is 33.6 Å². The molecule has 2 aromatic carbocycles. The number of amides is 1. The maximum Gasteiger partial charge on any atom is 0.339 e. The third-order valence-electron chi connectivity index (χ3n) is 4.40. The molecule has 1 atom stereocenters. The summed E-state index contributed by atoms with van der Waals surface area (Å²) in [4.78, 5) is 29.8. The Bertz CT molecular complexity index is 1150. The number of aromatic nitrogens is 1. The third-order valence-corrected chi connectivity index (χ3v) is 4.40. The number of pyridine rings is 1. The van der Waals surface area contributed by atoms with Crippen LogP contribution >= 0.6 is 0 Å². The molecule has 1 unspecified atom stereocenters. The zero-order valence-electron chi connectivity index (χ0n) is 15.7. The van der Waals surface area contributed by atoms with Crippen molar-refractivity contribution < 1.29 is 18.7 Å². The molecule has 0 aliphatic rings. The first kappa shape index (κ1) is 18.4. The maximum atomic E-state index is 12.9. The minimum Gasteiger partial charge on any atom is -0.463 e. The van der Waals surface area contributed by atoms with Crippen LogP contribution in [0.4, 0.5) is 5.69 Å². The topological polar surface area (TPSA) is 81.4 Å². The Morgan fingerprint density at radius 3 is 2.52 bits per heavy atom. The number of hydrogen-bond acceptors (Lipinski definition) is 5. The summed E-state index contributed by atoms with van der Waals surface area (Å²) in [5.41, 5.74) is 2.10. The fraction of sp³-hybridized carbons (Fsp3) is 0.0870. The van der Waals surface area contributed by atoms with E-state index in [1.165, 1.54) is 6.92 Å². The van der Waals surface area contributed by atoms with Crippen molar-refractivity contribution in [3.8, 4) is 11.5 Å². The van der Waals surface area contributed by atoms with Gasteiger partial charge in [-0.3, -0.25) is 4.79 Å². The van der Waals surface area contributed by atoms with Crippen molar-refractivity contribution in [2.75, 3.05) is 5.32 Å². The minimum absolute atomic E-state index is 0.321. The average molecular weight is 386 g/mol. The van der Waals surface area contributed by atoms with Crippen LogP contribution in [0.25, 0.3) is 22.4 Å². The molecule has 2 heterocycles. The maximum absolute atomic E-state index is 12.9. The summed E-state index contributed by atoms with van der Waals surface area (Å²) in [5, 5.41) is 3.37. The summed E-state index contributed by atoms with van der Waals surface area (Å²) in [5.74, 6) is -0.471. The molecule has 0 spiro atoms. The van der Waals surface area contributed by atoms with Gasteiger partial charge in [-0.2, -0.15) is 0 Å². The summed E-state index contributed by atoms with van der Waals surface area (Å²) < 4.78 is 10.9. The second-order valence-electron chi connectivity index (χ2n) is 6.45. The fourth-order valence-electron chi connectivity index (χ4n) is 2.94. The van der Waals surface area contributed by atoms with Gasteiger partial charge in [0.1, 0.15) is 5.69 Å². The number of anilines is 1. The molecule has 4 aromatic rings. The van der Waals surface area contributed by atoms with Crippen LogP contribution in [0, 0.1) is 0 Å². The SMILES string of the molecule is CC(OC(=O)c1cc(-c2ccco2)nc2ccccc12)C(=O)Nc1ccccc1. The minimum atomic E-state index is -0.971. The number of nitrogens with zero attached hydrogens (tertiary/aromatic N) is 1. The molecule has 0 fully saturated rings. The Balaban J connectivity index is 1.60. The first-order valence-corrected chi connectivity index (χ1v) is 9.12. The van der Waals surface area contributed by atoms with Gasteiger partial charge in [-0.15, -0.1) is 0 Å². The predicted octanol–water partition coefficient (Wildman–Crippen LogP) is 4.68. The number of carbonyl (C=O) groups excluding carboxylic acids is 2. The fourth-order valence-corrected chi connectivity index (χ4v) is 2.94. The quantitative estimate of drug-likeness (QED) is 0.504. The number of ether oxygens (including phenoxy) is 1. The highest BCUT2D eigenvalue weighted by Gasteiger charge is 2.22. The van der Waals surface area contributed by atoms with Gasteiger partial charge in [-0.1, -0.05) is 36.4 Å². The van der Waals surface area contributed by atoms with Gasteiger partial charge in [0.05, 0.1) is 17.3 Å². The molecule has 1 N–H and O–H groups in total. The van der Waals surface area contributed by atoms with Crippen molar-refractivity contribution >= 4 is 28.5 Å². The number of carbonyl (C=O) groups is 2. The Morgan fingerprint density at radius 1 is 1.00 bits per heavy atom. The molecule has 144 valence electrons. The number of furan rings is 1. The molecule has 4 rings (SSSR count). The number of hydrogen-bond donors (Lipinski definition) is 1. The molecule has 0 radical (unpaired) electrons. The first-order valence-electron chi connectivity index (χ1n) is 9.12. The van der Waals surface area contributed by atoms with Crippen molar-refractivity contribution in [2.45, 2.75) is 13.0 Å². The van der Waals surface area contributed by atoms with Crippen molar-refractivity contribution in [3.63, 3.8) is 0 Å². The van der Waals surface area contributed by atoms with Crippen LogP contribution in [0.1, 0.15) is 17.3 Å². The van der Waals surface area contributed by atoms with Crippen LogP contribution in [-0.4, -0.2) is 23.0 Å². The molecule has 0 saturated carbocycles. The van der Waals surface area contributed by atoms with Crippen molar-refractivity contribution in [1.82, 2.24) is 4.98 Å². The molecular weight excluding hydrogens is 368 g/mol. The number of benzene rings is 2. The van der Waals surface area contributed by atoms with Crippen LogP contribution in [0.5, 0.6) is 0 Å². The Hall–Kier alpha value is -3.93. The normalized spacial score (nSPS) is 11.8. The van der Waals surface area contributed by atoms with E-state index in [-0.39, 0.29) is 0 Å². The van der Waals surface area contributed by atoms with E-state index in [4.69, 9.17) is 9.15 Å². The smallest absolute Gasteiger partial charge is 0.339 e. The Morgan fingerprint density at radius 2 is 1.76 bits per heavy atom.